The summed E-state index contributed by atoms with van der Waals surface area (Å²) in [6.45, 7) is 3.75. The van der Waals surface area contributed by atoms with E-state index in [1.165, 1.54) is 17.8 Å². The molecular weight excluding hydrogens is 465 g/mol. The molecule has 35 heavy (non-hydrogen) atoms. The van der Waals surface area contributed by atoms with Crippen molar-refractivity contribution in [2.24, 2.45) is 7.05 Å². The van der Waals surface area contributed by atoms with Crippen LogP contribution < -0.4 is 5.32 Å². The molecule has 0 radical (unpaired) electrons. The maximum Gasteiger partial charge on any atom is 0.234 e. The molecule has 0 fully saturated rings. The number of nitrogens with zero attached hydrogens (tertiary/aromatic N) is 6. The van der Waals surface area contributed by atoms with E-state index >= 15 is 0 Å². The third kappa shape index (κ3) is 4.40. The molecule has 3 heterocycles. The van der Waals surface area contributed by atoms with Crippen molar-refractivity contribution < 1.29 is 9.18 Å². The predicted octanol–water partition coefficient (Wildman–Crippen LogP) is 4.70. The number of carbonyl (C=O) groups is 1. The summed E-state index contributed by atoms with van der Waals surface area (Å²) in [5, 5.41) is 13.0. The van der Waals surface area contributed by atoms with Gasteiger partial charge in [0, 0.05) is 7.05 Å². The van der Waals surface area contributed by atoms with Gasteiger partial charge < -0.3 is 5.32 Å². The van der Waals surface area contributed by atoms with Crippen LogP contribution in [0.1, 0.15) is 11.4 Å². The summed E-state index contributed by atoms with van der Waals surface area (Å²) < 4.78 is 18.0. The Kier molecular flexibility index (Phi) is 6.04. The number of aromatic nitrogens is 6. The van der Waals surface area contributed by atoms with E-state index in [0.717, 1.165) is 17.1 Å². The minimum Gasteiger partial charge on any atom is -0.322 e. The number of rotatable bonds is 6. The number of nitrogens with one attached hydrogen (secondary N) is 1. The molecule has 0 bridgehead atoms. The van der Waals surface area contributed by atoms with E-state index in [2.05, 4.69) is 25.5 Å². The van der Waals surface area contributed by atoms with E-state index in [-0.39, 0.29) is 23.0 Å². The molecule has 0 aliphatic heterocycles. The molecule has 3 aromatic heterocycles. The first kappa shape index (κ1) is 22.7. The van der Waals surface area contributed by atoms with Crippen LogP contribution in [0.2, 0.25) is 0 Å². The predicted molar refractivity (Wildman–Crippen MR) is 134 cm³/mol. The Bertz CT molecular complexity index is 1540. The van der Waals surface area contributed by atoms with E-state index in [0.29, 0.717) is 21.7 Å². The van der Waals surface area contributed by atoms with Gasteiger partial charge in [-0.3, -0.25) is 9.48 Å². The van der Waals surface area contributed by atoms with Gasteiger partial charge in [-0.15, -0.1) is 0 Å². The Morgan fingerprint density at radius 3 is 2.51 bits per heavy atom. The molecule has 2 aromatic carbocycles. The molecule has 0 aliphatic rings. The molecule has 0 unspecified atom stereocenters. The van der Waals surface area contributed by atoms with Crippen LogP contribution in [0.5, 0.6) is 0 Å². The maximum atomic E-state index is 14.6. The molecule has 176 valence electrons. The van der Waals surface area contributed by atoms with Crippen molar-refractivity contribution in [1.82, 2.24) is 29.5 Å². The number of hydrogen-bond acceptors (Lipinski definition) is 6. The van der Waals surface area contributed by atoms with Crippen LogP contribution in [0.15, 0.2) is 65.8 Å². The number of aryl methyl sites for hydroxylation is 2. The van der Waals surface area contributed by atoms with E-state index in [1.54, 1.807) is 33.8 Å². The normalized spacial score (nSPS) is 11.2. The summed E-state index contributed by atoms with van der Waals surface area (Å²) >= 11 is 1.25. The zero-order chi connectivity index (χ0) is 24.5. The number of thioether (sulfide) groups is 1. The summed E-state index contributed by atoms with van der Waals surface area (Å²) in [4.78, 5) is 22.0. The number of amides is 1. The Morgan fingerprint density at radius 1 is 1.06 bits per heavy atom. The van der Waals surface area contributed by atoms with Crippen LogP contribution in [0.3, 0.4) is 0 Å². The number of para-hydroxylation sites is 1. The highest BCUT2D eigenvalue weighted by Gasteiger charge is 2.19. The fourth-order valence-corrected chi connectivity index (χ4v) is 4.57. The lowest BCUT2D eigenvalue weighted by atomic mass is 10.2. The van der Waals surface area contributed by atoms with Crippen molar-refractivity contribution in [2.45, 2.75) is 18.9 Å². The van der Waals surface area contributed by atoms with Crippen LogP contribution >= 0.6 is 11.8 Å². The summed E-state index contributed by atoms with van der Waals surface area (Å²) in [6.07, 6.45) is 1.67. The second-order valence-electron chi connectivity index (χ2n) is 7.97. The lowest BCUT2D eigenvalue weighted by Crippen LogP contribution is -2.15. The Labute approximate surface area is 205 Å². The third-order valence-corrected chi connectivity index (χ3v) is 6.61. The Morgan fingerprint density at radius 2 is 1.80 bits per heavy atom. The average Bonchev–Trinajstić information content (AvgIpc) is 3.39. The molecule has 1 amide bonds. The van der Waals surface area contributed by atoms with Gasteiger partial charge in [-0.2, -0.15) is 10.2 Å². The number of benzene rings is 2. The fraction of sp³-hybridized carbons (Fsp3) is 0.160. The van der Waals surface area contributed by atoms with Crippen LogP contribution in [0, 0.1) is 19.7 Å². The lowest BCUT2D eigenvalue weighted by molar-refractivity contribution is -0.113. The first-order valence-electron chi connectivity index (χ1n) is 10.9. The second-order valence-corrected chi connectivity index (χ2v) is 8.93. The molecule has 0 saturated heterocycles. The van der Waals surface area contributed by atoms with E-state index < -0.39 is 5.82 Å². The number of hydrogen-bond donors (Lipinski definition) is 1. The third-order valence-electron chi connectivity index (χ3n) is 5.62. The van der Waals surface area contributed by atoms with E-state index in [9.17, 15) is 9.18 Å². The monoisotopic (exact) mass is 487 g/mol. The van der Waals surface area contributed by atoms with Crippen LogP contribution in [-0.2, 0) is 11.8 Å². The summed E-state index contributed by atoms with van der Waals surface area (Å²) in [5.74, 6) is -0.277. The fourth-order valence-electron chi connectivity index (χ4n) is 3.78. The quantitative estimate of drug-likeness (QED) is 0.276. The summed E-state index contributed by atoms with van der Waals surface area (Å²) in [6, 6.07) is 15.9. The molecule has 0 spiro atoms. The van der Waals surface area contributed by atoms with Crippen molar-refractivity contribution in [2.75, 3.05) is 11.1 Å². The smallest absolute Gasteiger partial charge is 0.234 e. The van der Waals surface area contributed by atoms with Crippen LogP contribution in [0.4, 0.5) is 10.1 Å². The molecule has 0 atom stereocenters. The Balaban J connectivity index is 1.52. The summed E-state index contributed by atoms with van der Waals surface area (Å²) in [7, 11) is 1.83. The zero-order valence-corrected chi connectivity index (χ0v) is 20.2. The minimum atomic E-state index is -0.422. The molecule has 10 heteroatoms. The summed E-state index contributed by atoms with van der Waals surface area (Å²) in [5.41, 5.74) is 3.95. The number of carbonyl (C=O) groups excluding carboxylic acids is 1. The zero-order valence-electron chi connectivity index (χ0n) is 19.4. The van der Waals surface area contributed by atoms with Crippen LogP contribution in [-0.4, -0.2) is 41.2 Å². The number of halogens is 1. The molecule has 5 rings (SSSR count). The molecule has 1 N–H and O–H groups in total. The number of fused-ring (bicyclic) bond motifs is 1. The van der Waals surface area contributed by atoms with Crippen molar-refractivity contribution in [3.05, 3.63) is 78.0 Å². The largest absolute Gasteiger partial charge is 0.322 e. The number of anilines is 1. The Hall–Kier alpha value is -4.05. The molecule has 0 aliphatic carbocycles. The van der Waals surface area contributed by atoms with Gasteiger partial charge in [-0.1, -0.05) is 42.1 Å². The van der Waals surface area contributed by atoms with Gasteiger partial charge in [-0.05, 0) is 38.1 Å². The van der Waals surface area contributed by atoms with E-state index in [1.807, 2.05) is 51.2 Å². The molecular formula is C25H22FN7OS. The SMILES string of the molecule is Cc1nn(C)c(C)c1NC(=O)CSc1nc(-c2ccccc2F)nc2c1cnn2-c1ccccc1. The standard InChI is InChI=1S/C25H22FN7OS/c1-15-22(16(2)32(3)31-15)28-21(34)14-35-25-19-13-27-33(17-9-5-4-6-10-17)24(19)29-23(30-25)18-11-7-8-12-20(18)26/h4-13H,14H2,1-3H3,(H,28,34). The van der Waals surface area contributed by atoms with Gasteiger partial charge in [-0.25, -0.2) is 19.0 Å². The van der Waals surface area contributed by atoms with E-state index in [4.69, 9.17) is 0 Å². The molecule has 8 nitrogen and oxygen atoms in total. The second kappa shape index (κ2) is 9.30. The first-order chi connectivity index (χ1) is 16.9. The minimum absolute atomic E-state index is 0.104. The van der Waals surface area contributed by atoms with Crippen molar-refractivity contribution in [3.63, 3.8) is 0 Å². The highest BCUT2D eigenvalue weighted by Crippen LogP contribution is 2.31. The highest BCUT2D eigenvalue weighted by molar-refractivity contribution is 8.00. The first-order valence-corrected chi connectivity index (χ1v) is 11.9. The highest BCUT2D eigenvalue weighted by atomic mass is 32.2. The van der Waals surface area contributed by atoms with Gasteiger partial charge in [0.15, 0.2) is 11.5 Å². The van der Waals surface area contributed by atoms with Crippen molar-refractivity contribution >= 4 is 34.4 Å². The van der Waals surface area contributed by atoms with Crippen LogP contribution in [0.25, 0.3) is 28.1 Å². The van der Waals surface area contributed by atoms with Crippen molar-refractivity contribution in [3.8, 4) is 17.1 Å². The molecule has 5 aromatic rings. The topological polar surface area (TPSA) is 90.5 Å². The lowest BCUT2D eigenvalue weighted by Gasteiger charge is -2.09. The van der Waals surface area contributed by atoms with Gasteiger partial charge in [0.25, 0.3) is 0 Å². The molecule has 0 saturated carbocycles. The van der Waals surface area contributed by atoms with Gasteiger partial charge in [0.05, 0.1) is 45.7 Å². The van der Waals surface area contributed by atoms with Gasteiger partial charge in [0.1, 0.15) is 10.8 Å². The average molecular weight is 488 g/mol. The van der Waals surface area contributed by atoms with Gasteiger partial charge >= 0.3 is 0 Å². The van der Waals surface area contributed by atoms with Gasteiger partial charge in [0.2, 0.25) is 5.91 Å². The van der Waals surface area contributed by atoms with Crippen molar-refractivity contribution in [1.29, 1.82) is 0 Å². The maximum absolute atomic E-state index is 14.6.